The average molecular weight is 304 g/mol. The third-order valence-electron chi connectivity index (χ3n) is 4.33. The molecule has 1 aromatic carbocycles. The summed E-state index contributed by atoms with van der Waals surface area (Å²) in [6.07, 6.45) is 3.79. The fourth-order valence-electron chi connectivity index (χ4n) is 2.92. The molecule has 1 amide bonds. The van der Waals surface area contributed by atoms with E-state index in [1.54, 1.807) is 7.11 Å². The number of methoxy groups -OCH3 is 1. The van der Waals surface area contributed by atoms with Crippen LogP contribution in [0.4, 0.5) is 0 Å². The standard InChI is InChI=1S/C18H28N2O2/c1-14(2)18(21)19-13-17(20-11-5-4-6-12-20)15-7-9-16(22-3)10-8-15/h7-10,14,17H,4-6,11-13H2,1-3H3,(H,19,21). The van der Waals surface area contributed by atoms with E-state index in [0.717, 1.165) is 18.8 Å². The lowest BCUT2D eigenvalue weighted by Gasteiger charge is -2.35. The number of hydrogen-bond acceptors (Lipinski definition) is 3. The van der Waals surface area contributed by atoms with Gasteiger partial charge >= 0.3 is 0 Å². The lowest BCUT2D eigenvalue weighted by molar-refractivity contribution is -0.124. The van der Waals surface area contributed by atoms with Gasteiger partial charge in [-0.3, -0.25) is 9.69 Å². The normalized spacial score (nSPS) is 17.3. The Balaban J connectivity index is 2.10. The van der Waals surface area contributed by atoms with Crippen molar-refractivity contribution in [2.24, 2.45) is 5.92 Å². The third kappa shape index (κ3) is 4.47. The zero-order valence-electron chi connectivity index (χ0n) is 14.0. The Morgan fingerprint density at radius 1 is 1.18 bits per heavy atom. The highest BCUT2D eigenvalue weighted by molar-refractivity contribution is 5.77. The molecule has 1 aliphatic heterocycles. The summed E-state index contributed by atoms with van der Waals surface area (Å²) in [7, 11) is 1.68. The summed E-state index contributed by atoms with van der Waals surface area (Å²) in [5, 5.41) is 3.09. The number of benzene rings is 1. The van der Waals surface area contributed by atoms with Gasteiger partial charge in [0.25, 0.3) is 0 Å². The summed E-state index contributed by atoms with van der Waals surface area (Å²) in [6, 6.07) is 8.46. The summed E-state index contributed by atoms with van der Waals surface area (Å²) < 4.78 is 5.24. The maximum Gasteiger partial charge on any atom is 0.222 e. The fourth-order valence-corrected chi connectivity index (χ4v) is 2.92. The van der Waals surface area contributed by atoms with E-state index in [1.807, 2.05) is 26.0 Å². The third-order valence-corrected chi connectivity index (χ3v) is 4.33. The van der Waals surface area contributed by atoms with Gasteiger partial charge in [0.2, 0.25) is 5.91 Å². The number of amides is 1. The molecule has 0 spiro atoms. The highest BCUT2D eigenvalue weighted by Gasteiger charge is 2.23. The van der Waals surface area contributed by atoms with Crippen molar-refractivity contribution in [1.29, 1.82) is 0 Å². The summed E-state index contributed by atoms with van der Waals surface area (Å²) in [4.78, 5) is 14.4. The summed E-state index contributed by atoms with van der Waals surface area (Å²) >= 11 is 0. The molecule has 1 aliphatic rings. The van der Waals surface area contributed by atoms with Crippen LogP contribution in [-0.2, 0) is 4.79 Å². The lowest BCUT2D eigenvalue weighted by atomic mass is 10.0. The van der Waals surface area contributed by atoms with Gasteiger partial charge in [-0.1, -0.05) is 32.4 Å². The van der Waals surface area contributed by atoms with Gasteiger partial charge in [-0.05, 0) is 43.6 Å². The highest BCUT2D eigenvalue weighted by Crippen LogP contribution is 2.25. The number of hydrogen-bond donors (Lipinski definition) is 1. The molecule has 2 rings (SSSR count). The second-order valence-electron chi connectivity index (χ2n) is 6.29. The van der Waals surface area contributed by atoms with Crippen LogP contribution < -0.4 is 10.1 Å². The van der Waals surface area contributed by atoms with Gasteiger partial charge in [0.1, 0.15) is 5.75 Å². The van der Waals surface area contributed by atoms with Crippen LogP contribution in [0.15, 0.2) is 24.3 Å². The van der Waals surface area contributed by atoms with Gasteiger partial charge in [-0.15, -0.1) is 0 Å². The largest absolute Gasteiger partial charge is 0.497 e. The number of carbonyl (C=O) groups excluding carboxylic acids is 1. The molecule has 1 heterocycles. The maximum absolute atomic E-state index is 11.9. The molecule has 1 unspecified atom stereocenters. The van der Waals surface area contributed by atoms with Crippen molar-refractivity contribution < 1.29 is 9.53 Å². The number of nitrogens with one attached hydrogen (secondary N) is 1. The van der Waals surface area contributed by atoms with Crippen molar-refractivity contribution in [3.8, 4) is 5.75 Å². The first-order valence-corrected chi connectivity index (χ1v) is 8.27. The van der Waals surface area contributed by atoms with Gasteiger partial charge in [0.05, 0.1) is 13.2 Å². The second-order valence-corrected chi connectivity index (χ2v) is 6.29. The van der Waals surface area contributed by atoms with E-state index >= 15 is 0 Å². The molecule has 1 atom stereocenters. The zero-order chi connectivity index (χ0) is 15.9. The lowest BCUT2D eigenvalue weighted by Crippen LogP contribution is -2.41. The Hall–Kier alpha value is -1.55. The number of likely N-dealkylation sites (tertiary alicyclic amines) is 1. The predicted molar refractivity (Wildman–Crippen MR) is 89.0 cm³/mol. The van der Waals surface area contributed by atoms with E-state index in [2.05, 4.69) is 22.3 Å². The van der Waals surface area contributed by atoms with Crippen LogP contribution in [0.2, 0.25) is 0 Å². The molecular weight excluding hydrogens is 276 g/mol. The molecular formula is C18H28N2O2. The zero-order valence-corrected chi connectivity index (χ0v) is 14.0. The molecule has 22 heavy (non-hydrogen) atoms. The molecule has 0 aliphatic carbocycles. The maximum atomic E-state index is 11.9. The SMILES string of the molecule is COc1ccc(C(CNC(=O)C(C)C)N2CCCCC2)cc1. The number of carbonyl (C=O) groups is 1. The van der Waals surface area contributed by atoms with Gasteiger partial charge in [-0.25, -0.2) is 0 Å². The Morgan fingerprint density at radius 2 is 1.82 bits per heavy atom. The molecule has 4 nitrogen and oxygen atoms in total. The Kier molecular flexibility index (Phi) is 6.25. The van der Waals surface area contributed by atoms with E-state index in [0.29, 0.717) is 6.54 Å². The number of rotatable bonds is 6. The Labute approximate surface area is 133 Å². The van der Waals surface area contributed by atoms with Gasteiger partial charge in [0, 0.05) is 12.5 Å². The predicted octanol–water partition coefficient (Wildman–Crippen LogP) is 2.99. The Bertz CT molecular complexity index is 464. The first kappa shape index (κ1) is 16.8. The fraction of sp³-hybridized carbons (Fsp3) is 0.611. The van der Waals surface area contributed by atoms with Crippen molar-refractivity contribution in [3.63, 3.8) is 0 Å². The summed E-state index contributed by atoms with van der Waals surface area (Å²) in [6.45, 7) is 6.74. The second kappa shape index (κ2) is 8.18. The minimum absolute atomic E-state index is 0.0258. The van der Waals surface area contributed by atoms with E-state index in [1.165, 1.54) is 24.8 Å². The van der Waals surface area contributed by atoms with E-state index < -0.39 is 0 Å². The molecule has 122 valence electrons. The number of ether oxygens (including phenoxy) is 1. The van der Waals surface area contributed by atoms with Crippen LogP contribution in [0, 0.1) is 5.92 Å². The van der Waals surface area contributed by atoms with Crippen LogP contribution in [0.3, 0.4) is 0 Å². The van der Waals surface area contributed by atoms with Crippen LogP contribution in [0.5, 0.6) is 5.75 Å². The van der Waals surface area contributed by atoms with Crippen LogP contribution in [-0.4, -0.2) is 37.6 Å². The van der Waals surface area contributed by atoms with Gasteiger partial charge < -0.3 is 10.1 Å². The molecule has 1 fully saturated rings. The molecule has 4 heteroatoms. The number of piperidine rings is 1. The minimum Gasteiger partial charge on any atom is -0.497 e. The average Bonchev–Trinajstić information content (AvgIpc) is 2.56. The number of nitrogens with zero attached hydrogens (tertiary/aromatic N) is 1. The molecule has 0 saturated carbocycles. The van der Waals surface area contributed by atoms with Gasteiger partial charge in [0.15, 0.2) is 0 Å². The highest BCUT2D eigenvalue weighted by atomic mass is 16.5. The first-order valence-electron chi connectivity index (χ1n) is 8.27. The van der Waals surface area contributed by atoms with Crippen molar-refractivity contribution >= 4 is 5.91 Å². The Morgan fingerprint density at radius 3 is 2.36 bits per heavy atom. The van der Waals surface area contributed by atoms with Crippen molar-refractivity contribution in [1.82, 2.24) is 10.2 Å². The minimum atomic E-state index is 0.0258. The van der Waals surface area contributed by atoms with E-state index in [4.69, 9.17) is 4.74 Å². The van der Waals surface area contributed by atoms with E-state index in [9.17, 15) is 4.79 Å². The van der Waals surface area contributed by atoms with Crippen molar-refractivity contribution in [2.75, 3.05) is 26.7 Å². The summed E-state index contributed by atoms with van der Waals surface area (Å²) in [5.74, 6) is 1.01. The van der Waals surface area contributed by atoms with Gasteiger partial charge in [-0.2, -0.15) is 0 Å². The summed E-state index contributed by atoms with van der Waals surface area (Å²) in [5.41, 5.74) is 1.24. The first-order chi connectivity index (χ1) is 10.6. The molecule has 0 bridgehead atoms. The molecule has 0 radical (unpaired) electrons. The quantitative estimate of drug-likeness (QED) is 0.878. The topological polar surface area (TPSA) is 41.6 Å². The molecule has 0 aromatic heterocycles. The van der Waals surface area contributed by atoms with Crippen molar-refractivity contribution in [3.05, 3.63) is 29.8 Å². The van der Waals surface area contributed by atoms with Crippen LogP contribution in [0.1, 0.15) is 44.7 Å². The monoisotopic (exact) mass is 304 g/mol. The smallest absolute Gasteiger partial charge is 0.222 e. The van der Waals surface area contributed by atoms with Crippen LogP contribution in [0.25, 0.3) is 0 Å². The molecule has 1 aromatic rings. The van der Waals surface area contributed by atoms with E-state index in [-0.39, 0.29) is 17.9 Å². The molecule has 1 saturated heterocycles. The van der Waals surface area contributed by atoms with Crippen LogP contribution >= 0.6 is 0 Å². The molecule has 1 N–H and O–H groups in total. The van der Waals surface area contributed by atoms with Crippen molar-refractivity contribution in [2.45, 2.75) is 39.2 Å².